The van der Waals surface area contributed by atoms with Gasteiger partial charge in [0.05, 0.1) is 0 Å². The second kappa shape index (κ2) is 7.66. The molecule has 1 fully saturated rings. The van der Waals surface area contributed by atoms with Crippen LogP contribution < -0.4 is 4.74 Å². The molecule has 0 heterocycles. The van der Waals surface area contributed by atoms with Crippen LogP contribution in [0.5, 0.6) is 5.75 Å². The average Bonchev–Trinajstić information content (AvgIpc) is 3.25. The smallest absolute Gasteiger partial charge is 0.127 e. The Bertz CT molecular complexity index is 787. The lowest BCUT2D eigenvalue weighted by Gasteiger charge is -2.28. The summed E-state index contributed by atoms with van der Waals surface area (Å²) in [5.41, 5.74) is 3.64. The highest BCUT2D eigenvalue weighted by molar-refractivity contribution is 5.38. The zero-order valence-corrected chi connectivity index (χ0v) is 16.7. The van der Waals surface area contributed by atoms with E-state index in [9.17, 15) is 4.39 Å². The number of hydrogen-bond acceptors (Lipinski definition) is 1. The van der Waals surface area contributed by atoms with Crippen molar-refractivity contribution in [2.45, 2.75) is 59.0 Å². The van der Waals surface area contributed by atoms with Crippen molar-refractivity contribution in [2.75, 3.05) is 0 Å². The topological polar surface area (TPSA) is 9.23 Å². The van der Waals surface area contributed by atoms with Gasteiger partial charge in [0.15, 0.2) is 0 Å². The van der Waals surface area contributed by atoms with Crippen LogP contribution in [0.3, 0.4) is 0 Å². The van der Waals surface area contributed by atoms with Crippen LogP contribution in [0.25, 0.3) is 0 Å². The minimum Gasteiger partial charge on any atom is -0.485 e. The van der Waals surface area contributed by atoms with Gasteiger partial charge in [-0.2, -0.15) is 0 Å². The van der Waals surface area contributed by atoms with E-state index in [4.69, 9.17) is 4.74 Å². The fourth-order valence-corrected chi connectivity index (χ4v) is 5.64. The average molecular weight is 367 g/mol. The monoisotopic (exact) mass is 366 g/mol. The molecule has 0 bridgehead atoms. The fourth-order valence-electron chi connectivity index (χ4n) is 5.64. The molecule has 5 atom stereocenters. The number of halogens is 1. The van der Waals surface area contributed by atoms with E-state index in [1.807, 2.05) is 6.92 Å². The van der Waals surface area contributed by atoms with Crippen molar-refractivity contribution < 1.29 is 9.13 Å². The van der Waals surface area contributed by atoms with E-state index in [0.717, 1.165) is 35.5 Å². The van der Waals surface area contributed by atoms with Crippen molar-refractivity contribution in [3.8, 4) is 5.75 Å². The predicted octanol–water partition coefficient (Wildman–Crippen LogP) is 6.89. The maximum Gasteiger partial charge on any atom is 0.127 e. The molecule has 0 amide bonds. The third-order valence-corrected chi connectivity index (χ3v) is 7.13. The van der Waals surface area contributed by atoms with E-state index in [-0.39, 0.29) is 11.9 Å². The van der Waals surface area contributed by atoms with Gasteiger partial charge >= 0.3 is 0 Å². The van der Waals surface area contributed by atoms with Crippen LogP contribution in [0.4, 0.5) is 4.39 Å². The Hall–Kier alpha value is -1.83. The Morgan fingerprint density at radius 3 is 2.37 bits per heavy atom. The number of rotatable bonds is 5. The molecule has 0 N–H and O–H groups in total. The standard InChI is InChI=1S/C25H31FO/c1-4-17-13-20(14-18(17)5-2)23-15-19-8-6-7-9-22(19)25(23)27-24-11-10-21(26)12-16(24)3/h6-12,17-18,20,23,25H,4-5,13-15H2,1-3H3/t17-,18+,20?,23-,25+/m0/s1. The summed E-state index contributed by atoms with van der Waals surface area (Å²) in [4.78, 5) is 0. The number of benzene rings is 2. The third kappa shape index (κ3) is 3.51. The summed E-state index contributed by atoms with van der Waals surface area (Å²) in [6.45, 7) is 6.62. The van der Waals surface area contributed by atoms with Crippen LogP contribution in [-0.4, -0.2) is 0 Å². The highest BCUT2D eigenvalue weighted by atomic mass is 19.1. The first-order valence-electron chi connectivity index (χ1n) is 10.6. The van der Waals surface area contributed by atoms with Crippen molar-refractivity contribution >= 4 is 0 Å². The van der Waals surface area contributed by atoms with Crippen molar-refractivity contribution in [1.82, 2.24) is 0 Å². The molecule has 27 heavy (non-hydrogen) atoms. The molecule has 2 aliphatic carbocycles. The lowest BCUT2D eigenvalue weighted by Crippen LogP contribution is -2.22. The first-order valence-corrected chi connectivity index (χ1v) is 10.6. The molecule has 2 aromatic carbocycles. The Morgan fingerprint density at radius 2 is 1.70 bits per heavy atom. The molecule has 1 saturated carbocycles. The van der Waals surface area contributed by atoms with Gasteiger partial charge in [0, 0.05) is 5.92 Å². The molecule has 2 aromatic rings. The van der Waals surface area contributed by atoms with Crippen molar-refractivity contribution in [1.29, 1.82) is 0 Å². The summed E-state index contributed by atoms with van der Waals surface area (Å²) in [5, 5.41) is 0. The maximum absolute atomic E-state index is 13.5. The van der Waals surface area contributed by atoms with Crippen LogP contribution >= 0.6 is 0 Å². The summed E-state index contributed by atoms with van der Waals surface area (Å²) in [7, 11) is 0. The summed E-state index contributed by atoms with van der Waals surface area (Å²) in [5.74, 6) is 3.58. The molecule has 2 heteroatoms. The van der Waals surface area contributed by atoms with E-state index in [0.29, 0.717) is 5.92 Å². The first kappa shape index (κ1) is 18.5. The summed E-state index contributed by atoms with van der Waals surface area (Å²) in [6.07, 6.45) is 6.43. The Balaban J connectivity index is 1.63. The molecule has 144 valence electrons. The molecule has 0 saturated heterocycles. The molecular formula is C25H31FO. The SMILES string of the molecule is CC[C@@H]1CC([C@@H]2Cc3ccccc3[C@H]2Oc2ccc(F)cc2C)C[C@@H]1CC. The van der Waals surface area contributed by atoms with Gasteiger partial charge in [-0.3, -0.25) is 0 Å². The summed E-state index contributed by atoms with van der Waals surface area (Å²) < 4.78 is 20.1. The third-order valence-electron chi connectivity index (χ3n) is 7.13. The molecule has 0 spiro atoms. The lowest BCUT2D eigenvalue weighted by atomic mass is 9.85. The van der Waals surface area contributed by atoms with Crippen molar-refractivity contribution in [2.24, 2.45) is 23.7 Å². The van der Waals surface area contributed by atoms with E-state index in [2.05, 4.69) is 38.1 Å². The zero-order valence-electron chi connectivity index (χ0n) is 16.7. The van der Waals surface area contributed by atoms with E-state index in [1.54, 1.807) is 12.1 Å². The minimum absolute atomic E-state index is 0.0865. The van der Waals surface area contributed by atoms with Gasteiger partial charge in [-0.05, 0) is 78.8 Å². The molecule has 0 radical (unpaired) electrons. The van der Waals surface area contributed by atoms with Gasteiger partial charge in [-0.25, -0.2) is 4.39 Å². The molecular weight excluding hydrogens is 335 g/mol. The van der Waals surface area contributed by atoms with E-state index >= 15 is 0 Å². The zero-order chi connectivity index (χ0) is 19.0. The number of hydrogen-bond donors (Lipinski definition) is 0. The van der Waals surface area contributed by atoms with Crippen LogP contribution in [0.15, 0.2) is 42.5 Å². The van der Waals surface area contributed by atoms with Crippen molar-refractivity contribution in [3.05, 3.63) is 65.0 Å². The second-order valence-electron chi connectivity index (χ2n) is 8.58. The van der Waals surface area contributed by atoms with Gasteiger partial charge in [0.1, 0.15) is 17.7 Å². The van der Waals surface area contributed by atoms with Crippen molar-refractivity contribution in [3.63, 3.8) is 0 Å². The second-order valence-corrected chi connectivity index (χ2v) is 8.58. The van der Waals surface area contributed by atoms with Crippen LogP contribution in [0.1, 0.15) is 62.3 Å². The van der Waals surface area contributed by atoms with Crippen LogP contribution in [0, 0.1) is 36.4 Å². The highest BCUT2D eigenvalue weighted by Crippen LogP contribution is 2.51. The maximum atomic E-state index is 13.5. The van der Waals surface area contributed by atoms with Gasteiger partial charge in [0.25, 0.3) is 0 Å². The Morgan fingerprint density at radius 1 is 1.00 bits per heavy atom. The fraction of sp³-hybridized carbons (Fsp3) is 0.520. The van der Waals surface area contributed by atoms with Crippen LogP contribution in [0.2, 0.25) is 0 Å². The van der Waals surface area contributed by atoms with Gasteiger partial charge < -0.3 is 4.74 Å². The van der Waals surface area contributed by atoms with Gasteiger partial charge in [-0.15, -0.1) is 0 Å². The van der Waals surface area contributed by atoms with Gasteiger partial charge in [-0.1, -0.05) is 51.0 Å². The normalized spacial score (nSPS) is 29.7. The quantitative estimate of drug-likeness (QED) is 0.560. The number of aryl methyl sites for hydroxylation is 1. The Labute approximate surface area is 163 Å². The molecule has 2 aliphatic rings. The molecule has 4 rings (SSSR count). The van der Waals surface area contributed by atoms with Gasteiger partial charge in [0.2, 0.25) is 0 Å². The molecule has 0 aliphatic heterocycles. The summed E-state index contributed by atoms with van der Waals surface area (Å²) in [6, 6.07) is 13.6. The first-order chi connectivity index (χ1) is 13.1. The number of fused-ring (bicyclic) bond motifs is 1. The van der Waals surface area contributed by atoms with E-state index in [1.165, 1.54) is 42.9 Å². The van der Waals surface area contributed by atoms with E-state index < -0.39 is 0 Å². The summed E-state index contributed by atoms with van der Waals surface area (Å²) >= 11 is 0. The molecule has 0 aromatic heterocycles. The highest BCUT2D eigenvalue weighted by Gasteiger charge is 2.44. The Kier molecular flexibility index (Phi) is 5.25. The lowest BCUT2D eigenvalue weighted by molar-refractivity contribution is 0.108. The number of ether oxygens (including phenoxy) is 1. The largest absolute Gasteiger partial charge is 0.485 e. The predicted molar refractivity (Wildman–Crippen MR) is 108 cm³/mol. The molecule has 1 nitrogen and oxygen atoms in total. The molecule has 1 unspecified atom stereocenters. The van der Waals surface area contributed by atoms with Crippen LogP contribution in [-0.2, 0) is 6.42 Å². The minimum atomic E-state index is -0.199.